The summed E-state index contributed by atoms with van der Waals surface area (Å²) in [6, 6.07) is 0. The molecular formula is C10H18O. The Bertz CT molecular complexity index is 125. The van der Waals surface area contributed by atoms with E-state index in [0.717, 1.165) is 0 Å². The Morgan fingerprint density at radius 3 is 2.45 bits per heavy atom. The fourth-order valence-electron chi connectivity index (χ4n) is 1.87. The summed E-state index contributed by atoms with van der Waals surface area (Å²) in [7, 11) is 0. The molecule has 1 nitrogen and oxygen atoms in total. The Morgan fingerprint density at radius 1 is 1.45 bits per heavy atom. The van der Waals surface area contributed by atoms with Crippen molar-refractivity contribution in [2.45, 2.75) is 38.7 Å². The van der Waals surface area contributed by atoms with Crippen LogP contribution in [0.5, 0.6) is 0 Å². The van der Waals surface area contributed by atoms with E-state index in [1.165, 1.54) is 25.7 Å². The second-order valence-electron chi connectivity index (χ2n) is 3.63. The monoisotopic (exact) mass is 154 g/mol. The molecule has 1 fully saturated rings. The van der Waals surface area contributed by atoms with Crippen LogP contribution in [-0.2, 0) is 0 Å². The van der Waals surface area contributed by atoms with E-state index in [1.807, 2.05) is 13.0 Å². The van der Waals surface area contributed by atoms with Gasteiger partial charge in [-0.2, -0.15) is 0 Å². The van der Waals surface area contributed by atoms with Crippen LogP contribution in [0.2, 0.25) is 0 Å². The summed E-state index contributed by atoms with van der Waals surface area (Å²) in [6.45, 7) is 5.73. The van der Waals surface area contributed by atoms with Gasteiger partial charge in [0.15, 0.2) is 0 Å². The van der Waals surface area contributed by atoms with Crippen molar-refractivity contribution in [1.82, 2.24) is 0 Å². The molecule has 64 valence electrons. The first kappa shape index (κ1) is 8.79. The van der Waals surface area contributed by atoms with E-state index < -0.39 is 0 Å². The minimum Gasteiger partial charge on any atom is -0.392 e. The normalized spacial score (nSPS) is 24.9. The summed E-state index contributed by atoms with van der Waals surface area (Å²) in [6.07, 6.45) is 6.72. The molecule has 1 aliphatic rings. The first-order valence-corrected chi connectivity index (χ1v) is 4.56. The largest absolute Gasteiger partial charge is 0.392 e. The van der Waals surface area contributed by atoms with Crippen LogP contribution in [0.4, 0.5) is 0 Å². The molecular weight excluding hydrogens is 136 g/mol. The topological polar surface area (TPSA) is 20.2 Å². The zero-order valence-corrected chi connectivity index (χ0v) is 7.29. The Labute approximate surface area is 69.1 Å². The molecule has 1 heteroatoms. The molecule has 0 aromatic carbocycles. The third kappa shape index (κ3) is 2.06. The minimum absolute atomic E-state index is 0.144. The molecule has 1 N–H and O–H groups in total. The fraction of sp³-hybridized carbons (Fsp3) is 0.800. The van der Waals surface area contributed by atoms with Crippen LogP contribution in [0.15, 0.2) is 12.7 Å². The lowest BCUT2D eigenvalue weighted by Gasteiger charge is -2.21. The van der Waals surface area contributed by atoms with E-state index in [1.54, 1.807) is 0 Å². The van der Waals surface area contributed by atoms with Gasteiger partial charge in [0, 0.05) is 0 Å². The first-order chi connectivity index (χ1) is 5.25. The molecule has 0 heterocycles. The molecule has 0 amide bonds. The van der Waals surface area contributed by atoms with Gasteiger partial charge in [-0.3, -0.25) is 0 Å². The number of aliphatic hydroxyl groups excluding tert-OH is 1. The molecule has 11 heavy (non-hydrogen) atoms. The summed E-state index contributed by atoms with van der Waals surface area (Å²) < 4.78 is 0. The molecule has 1 aliphatic carbocycles. The van der Waals surface area contributed by atoms with Gasteiger partial charge in [-0.05, 0) is 24.7 Å². The highest BCUT2D eigenvalue weighted by Gasteiger charge is 2.25. The van der Waals surface area contributed by atoms with Gasteiger partial charge in [0.25, 0.3) is 0 Å². The Balaban J connectivity index is 2.38. The van der Waals surface area contributed by atoms with Gasteiger partial charge in [-0.15, -0.1) is 6.58 Å². The quantitative estimate of drug-likeness (QED) is 0.619. The Morgan fingerprint density at radius 2 is 2.00 bits per heavy atom. The first-order valence-electron chi connectivity index (χ1n) is 4.56. The third-order valence-corrected chi connectivity index (χ3v) is 2.79. The third-order valence-electron chi connectivity index (χ3n) is 2.79. The van der Waals surface area contributed by atoms with Crippen molar-refractivity contribution in [3.8, 4) is 0 Å². The summed E-state index contributed by atoms with van der Waals surface area (Å²) >= 11 is 0. The van der Waals surface area contributed by atoms with E-state index in [9.17, 15) is 5.11 Å². The van der Waals surface area contributed by atoms with Crippen LogP contribution in [0.25, 0.3) is 0 Å². The Kier molecular flexibility index (Phi) is 3.13. The summed E-state index contributed by atoms with van der Waals surface area (Å²) in [5.74, 6) is 0.807. The van der Waals surface area contributed by atoms with Crippen molar-refractivity contribution in [3.05, 3.63) is 12.7 Å². The van der Waals surface area contributed by atoms with Gasteiger partial charge in [-0.1, -0.05) is 25.8 Å². The number of hydrogen-bond donors (Lipinski definition) is 1. The zero-order valence-electron chi connectivity index (χ0n) is 7.29. The van der Waals surface area contributed by atoms with Crippen molar-refractivity contribution >= 4 is 0 Å². The molecule has 0 saturated heterocycles. The van der Waals surface area contributed by atoms with Crippen molar-refractivity contribution in [1.29, 1.82) is 0 Å². The van der Waals surface area contributed by atoms with Gasteiger partial charge in [0.2, 0.25) is 0 Å². The van der Waals surface area contributed by atoms with Crippen LogP contribution in [-0.4, -0.2) is 11.2 Å². The van der Waals surface area contributed by atoms with Gasteiger partial charge in [-0.25, -0.2) is 0 Å². The molecule has 0 bridgehead atoms. The molecule has 1 rings (SSSR count). The van der Waals surface area contributed by atoms with Crippen LogP contribution in [0.3, 0.4) is 0 Å². The van der Waals surface area contributed by atoms with Gasteiger partial charge < -0.3 is 5.11 Å². The van der Waals surface area contributed by atoms with Gasteiger partial charge >= 0.3 is 0 Å². The molecule has 2 unspecified atom stereocenters. The van der Waals surface area contributed by atoms with Crippen LogP contribution in [0.1, 0.15) is 32.6 Å². The SMILES string of the molecule is C=CC(C)C(O)C1CCCC1. The smallest absolute Gasteiger partial charge is 0.0628 e. The molecule has 0 aromatic heterocycles. The van der Waals surface area contributed by atoms with E-state index in [2.05, 4.69) is 6.58 Å². The van der Waals surface area contributed by atoms with E-state index in [0.29, 0.717) is 5.92 Å². The number of hydrogen-bond acceptors (Lipinski definition) is 1. The summed E-state index contributed by atoms with van der Waals surface area (Å²) in [5.41, 5.74) is 0. The summed E-state index contributed by atoms with van der Waals surface area (Å²) in [5, 5.41) is 9.75. The van der Waals surface area contributed by atoms with Crippen molar-refractivity contribution in [2.24, 2.45) is 11.8 Å². The minimum atomic E-state index is -0.144. The highest BCUT2D eigenvalue weighted by molar-refractivity contribution is 4.86. The molecule has 0 spiro atoms. The Hall–Kier alpha value is -0.300. The van der Waals surface area contributed by atoms with Crippen LogP contribution >= 0.6 is 0 Å². The maximum Gasteiger partial charge on any atom is 0.0628 e. The number of aliphatic hydroxyl groups is 1. The lowest BCUT2D eigenvalue weighted by molar-refractivity contribution is 0.0780. The maximum atomic E-state index is 9.75. The lowest BCUT2D eigenvalue weighted by atomic mass is 9.91. The molecule has 0 aromatic rings. The van der Waals surface area contributed by atoms with Crippen molar-refractivity contribution in [3.63, 3.8) is 0 Å². The standard InChI is InChI=1S/C10H18O/c1-3-8(2)10(11)9-6-4-5-7-9/h3,8-11H,1,4-7H2,2H3. The summed E-state index contributed by atoms with van der Waals surface area (Å²) in [4.78, 5) is 0. The average Bonchev–Trinajstić information content (AvgIpc) is 2.53. The second kappa shape index (κ2) is 3.91. The zero-order chi connectivity index (χ0) is 8.27. The van der Waals surface area contributed by atoms with Crippen LogP contribution in [0, 0.1) is 11.8 Å². The fourth-order valence-corrected chi connectivity index (χ4v) is 1.87. The highest BCUT2D eigenvalue weighted by atomic mass is 16.3. The van der Waals surface area contributed by atoms with Crippen molar-refractivity contribution in [2.75, 3.05) is 0 Å². The van der Waals surface area contributed by atoms with Gasteiger partial charge in [0.05, 0.1) is 6.10 Å². The second-order valence-corrected chi connectivity index (χ2v) is 3.63. The van der Waals surface area contributed by atoms with Crippen LogP contribution < -0.4 is 0 Å². The molecule has 2 atom stereocenters. The predicted molar refractivity (Wildman–Crippen MR) is 47.3 cm³/mol. The maximum absolute atomic E-state index is 9.75. The lowest BCUT2D eigenvalue weighted by Crippen LogP contribution is -2.24. The molecule has 0 aliphatic heterocycles. The van der Waals surface area contributed by atoms with Gasteiger partial charge in [0.1, 0.15) is 0 Å². The van der Waals surface area contributed by atoms with E-state index in [4.69, 9.17) is 0 Å². The highest BCUT2D eigenvalue weighted by Crippen LogP contribution is 2.30. The molecule has 1 saturated carbocycles. The number of rotatable bonds is 3. The molecule has 0 radical (unpaired) electrons. The van der Waals surface area contributed by atoms with Crippen molar-refractivity contribution < 1.29 is 5.11 Å². The van der Waals surface area contributed by atoms with E-state index >= 15 is 0 Å². The predicted octanol–water partition coefficient (Wildman–Crippen LogP) is 2.36. The average molecular weight is 154 g/mol. The van der Waals surface area contributed by atoms with E-state index in [-0.39, 0.29) is 12.0 Å².